The minimum Gasteiger partial charge on any atom is -0.342 e. The van der Waals surface area contributed by atoms with Gasteiger partial charge < -0.3 is 9.80 Å². The summed E-state index contributed by atoms with van der Waals surface area (Å²) in [6.45, 7) is 6.58. The predicted molar refractivity (Wildman–Crippen MR) is 70.7 cm³/mol. The fourth-order valence-electron chi connectivity index (χ4n) is 1.90. The van der Waals surface area contributed by atoms with Crippen molar-refractivity contribution in [1.82, 2.24) is 9.80 Å². The van der Waals surface area contributed by atoms with Crippen LogP contribution in [0.4, 0.5) is 0 Å². The standard InChI is InChI=1S/C12H22N2O2S/c1-9(2)5-10(3)13(4)11(15)6-14-8-17-7-12(14)16/h9-10H,5-8H2,1-4H3/t10-/m0/s1. The lowest BCUT2D eigenvalue weighted by molar-refractivity contribution is -0.138. The maximum Gasteiger partial charge on any atom is 0.242 e. The molecule has 0 unspecified atom stereocenters. The second-order valence-electron chi connectivity index (χ2n) is 5.05. The average Bonchev–Trinajstić information content (AvgIpc) is 2.62. The van der Waals surface area contributed by atoms with E-state index in [0.29, 0.717) is 17.5 Å². The van der Waals surface area contributed by atoms with E-state index in [2.05, 4.69) is 20.8 Å². The van der Waals surface area contributed by atoms with Crippen LogP contribution in [0.3, 0.4) is 0 Å². The van der Waals surface area contributed by atoms with Gasteiger partial charge in [0.1, 0.15) is 6.54 Å². The van der Waals surface area contributed by atoms with E-state index in [4.69, 9.17) is 0 Å². The van der Waals surface area contributed by atoms with E-state index >= 15 is 0 Å². The first-order chi connectivity index (χ1) is 7.91. The molecule has 0 N–H and O–H groups in total. The molecule has 0 radical (unpaired) electrons. The molecule has 5 heteroatoms. The van der Waals surface area contributed by atoms with Crippen molar-refractivity contribution in [2.45, 2.75) is 33.2 Å². The van der Waals surface area contributed by atoms with Crippen molar-refractivity contribution in [1.29, 1.82) is 0 Å². The van der Waals surface area contributed by atoms with Gasteiger partial charge in [-0.1, -0.05) is 13.8 Å². The zero-order chi connectivity index (χ0) is 13.0. The third kappa shape index (κ3) is 4.22. The fraction of sp³-hybridized carbons (Fsp3) is 0.833. The van der Waals surface area contributed by atoms with Crippen LogP contribution >= 0.6 is 11.8 Å². The second-order valence-corrected chi connectivity index (χ2v) is 6.01. The molecule has 1 heterocycles. The quantitative estimate of drug-likeness (QED) is 0.748. The van der Waals surface area contributed by atoms with Crippen LogP contribution in [0.2, 0.25) is 0 Å². The second kappa shape index (κ2) is 6.28. The van der Waals surface area contributed by atoms with Crippen molar-refractivity contribution in [3.05, 3.63) is 0 Å². The number of thioether (sulfide) groups is 1. The minimum absolute atomic E-state index is 0.0361. The lowest BCUT2D eigenvalue weighted by Gasteiger charge is -2.28. The molecule has 98 valence electrons. The van der Waals surface area contributed by atoms with Crippen molar-refractivity contribution >= 4 is 23.6 Å². The highest BCUT2D eigenvalue weighted by molar-refractivity contribution is 8.00. The molecule has 1 saturated heterocycles. The van der Waals surface area contributed by atoms with Crippen LogP contribution in [0.1, 0.15) is 27.2 Å². The maximum atomic E-state index is 12.0. The van der Waals surface area contributed by atoms with E-state index in [-0.39, 0.29) is 24.4 Å². The van der Waals surface area contributed by atoms with Crippen LogP contribution in [0.5, 0.6) is 0 Å². The van der Waals surface area contributed by atoms with Crippen molar-refractivity contribution < 1.29 is 9.59 Å². The molecule has 0 bridgehead atoms. The first-order valence-electron chi connectivity index (χ1n) is 6.03. The average molecular weight is 258 g/mol. The van der Waals surface area contributed by atoms with Crippen LogP contribution in [-0.2, 0) is 9.59 Å². The summed E-state index contributed by atoms with van der Waals surface area (Å²) in [6, 6.07) is 0.229. The summed E-state index contributed by atoms with van der Waals surface area (Å²) in [6.07, 6.45) is 0.991. The summed E-state index contributed by atoms with van der Waals surface area (Å²) in [5.74, 6) is 1.85. The van der Waals surface area contributed by atoms with Crippen molar-refractivity contribution in [2.75, 3.05) is 25.2 Å². The molecule has 2 amide bonds. The molecule has 1 aliphatic rings. The molecule has 0 spiro atoms. The van der Waals surface area contributed by atoms with Gasteiger partial charge in [0, 0.05) is 13.1 Å². The van der Waals surface area contributed by atoms with E-state index in [1.165, 1.54) is 0 Å². The van der Waals surface area contributed by atoms with Crippen molar-refractivity contribution in [2.24, 2.45) is 5.92 Å². The summed E-state index contributed by atoms with van der Waals surface area (Å²) in [5, 5.41) is 0. The smallest absolute Gasteiger partial charge is 0.242 e. The summed E-state index contributed by atoms with van der Waals surface area (Å²) in [7, 11) is 1.82. The summed E-state index contributed by atoms with van der Waals surface area (Å²) in [5.41, 5.74) is 0. The van der Waals surface area contributed by atoms with Crippen LogP contribution in [0.15, 0.2) is 0 Å². The molecule has 0 saturated carbocycles. The molecule has 1 aliphatic heterocycles. The van der Waals surface area contributed by atoms with Crippen molar-refractivity contribution in [3.8, 4) is 0 Å². The van der Waals surface area contributed by atoms with E-state index in [9.17, 15) is 9.59 Å². The molecule has 1 rings (SSSR count). The van der Waals surface area contributed by atoms with Crippen LogP contribution in [0.25, 0.3) is 0 Å². The van der Waals surface area contributed by atoms with Gasteiger partial charge in [-0.05, 0) is 19.3 Å². The zero-order valence-electron chi connectivity index (χ0n) is 11.1. The molecule has 1 fully saturated rings. The summed E-state index contributed by atoms with van der Waals surface area (Å²) in [4.78, 5) is 26.8. The Balaban J connectivity index is 2.43. The van der Waals surface area contributed by atoms with E-state index in [0.717, 1.165) is 6.42 Å². The van der Waals surface area contributed by atoms with Gasteiger partial charge in [-0.2, -0.15) is 0 Å². The number of nitrogens with zero attached hydrogens (tertiary/aromatic N) is 2. The van der Waals surface area contributed by atoms with E-state index in [1.807, 2.05) is 7.05 Å². The Morgan fingerprint density at radius 1 is 1.47 bits per heavy atom. The molecule has 1 atom stereocenters. The molecule has 4 nitrogen and oxygen atoms in total. The Kier molecular flexibility index (Phi) is 5.31. The highest BCUT2D eigenvalue weighted by Gasteiger charge is 2.25. The normalized spacial score (nSPS) is 17.7. The Bertz CT molecular complexity index is 294. The molecule has 0 aromatic carbocycles. The summed E-state index contributed by atoms with van der Waals surface area (Å²) >= 11 is 1.57. The lowest BCUT2D eigenvalue weighted by atomic mass is 10.0. The van der Waals surface area contributed by atoms with Gasteiger partial charge in [0.05, 0.1) is 11.6 Å². The zero-order valence-corrected chi connectivity index (χ0v) is 11.9. The third-order valence-corrected chi connectivity index (χ3v) is 3.96. The van der Waals surface area contributed by atoms with Gasteiger partial charge >= 0.3 is 0 Å². The van der Waals surface area contributed by atoms with E-state index < -0.39 is 0 Å². The number of likely N-dealkylation sites (N-methyl/N-ethyl adjacent to an activating group) is 1. The molecule has 0 aromatic rings. The number of hydrogen-bond donors (Lipinski definition) is 0. The van der Waals surface area contributed by atoms with Gasteiger partial charge in [0.15, 0.2) is 0 Å². The van der Waals surface area contributed by atoms with Crippen LogP contribution in [-0.4, -0.2) is 52.9 Å². The van der Waals surface area contributed by atoms with Gasteiger partial charge in [-0.3, -0.25) is 9.59 Å². The fourth-order valence-corrected chi connectivity index (χ4v) is 2.81. The molecule has 0 aliphatic carbocycles. The topological polar surface area (TPSA) is 40.6 Å². The Hall–Kier alpha value is -0.710. The highest BCUT2D eigenvalue weighted by atomic mass is 32.2. The molecule has 0 aromatic heterocycles. The SMILES string of the molecule is CC(C)C[C@H](C)N(C)C(=O)CN1CSCC1=O. The number of hydrogen-bond acceptors (Lipinski definition) is 3. The number of carbonyl (C=O) groups is 2. The monoisotopic (exact) mass is 258 g/mol. The van der Waals surface area contributed by atoms with Crippen molar-refractivity contribution in [3.63, 3.8) is 0 Å². The van der Waals surface area contributed by atoms with Gasteiger partial charge in [-0.25, -0.2) is 0 Å². The van der Waals surface area contributed by atoms with E-state index in [1.54, 1.807) is 21.6 Å². The Labute approximate surface area is 108 Å². The lowest BCUT2D eigenvalue weighted by Crippen LogP contribution is -2.43. The Morgan fingerprint density at radius 3 is 2.59 bits per heavy atom. The van der Waals surface area contributed by atoms with Gasteiger partial charge in [0.2, 0.25) is 11.8 Å². The van der Waals surface area contributed by atoms with Crippen LogP contribution in [0, 0.1) is 5.92 Å². The number of amides is 2. The summed E-state index contributed by atoms with van der Waals surface area (Å²) < 4.78 is 0. The minimum atomic E-state index is 0.0361. The first kappa shape index (κ1) is 14.4. The molecule has 17 heavy (non-hydrogen) atoms. The molecular formula is C12H22N2O2S. The highest BCUT2D eigenvalue weighted by Crippen LogP contribution is 2.15. The van der Waals surface area contributed by atoms with Gasteiger partial charge in [-0.15, -0.1) is 11.8 Å². The number of carbonyl (C=O) groups excluding carboxylic acids is 2. The Morgan fingerprint density at radius 2 is 2.12 bits per heavy atom. The first-order valence-corrected chi connectivity index (χ1v) is 7.18. The third-order valence-electron chi connectivity index (χ3n) is 3.02. The predicted octanol–water partition coefficient (Wildman–Crippen LogP) is 1.41. The van der Waals surface area contributed by atoms with Gasteiger partial charge in [0.25, 0.3) is 0 Å². The molecular weight excluding hydrogens is 236 g/mol. The van der Waals surface area contributed by atoms with Crippen LogP contribution < -0.4 is 0 Å². The maximum absolute atomic E-state index is 12.0. The largest absolute Gasteiger partial charge is 0.342 e. The number of rotatable bonds is 5.